The van der Waals surface area contributed by atoms with Crippen molar-refractivity contribution in [1.82, 2.24) is 0 Å². The standard InChI is InChI=1S/C31H23Cl3F3NO5S/c32-25-10-9-19(15-24(25)31(35,36)37)14-23-28(12-11-26(33)29(23)34)44(42,43)38-22-8-4-7-20(16-22)27(39)17-21(30(40)41)13-18-5-2-1-3-6-18/h1-12,15-16,21,38H,13-14,17H2,(H,40,41). The first-order valence-electron chi connectivity index (χ1n) is 12.9. The van der Waals surface area contributed by atoms with Crippen LogP contribution in [0.3, 0.4) is 0 Å². The molecular formula is C31H23Cl3F3NO5S. The van der Waals surface area contributed by atoms with Crippen molar-refractivity contribution >= 4 is 62.3 Å². The molecule has 2 N–H and O–H groups in total. The second-order valence-corrected chi connectivity index (χ2v) is 12.7. The van der Waals surface area contributed by atoms with E-state index in [9.17, 15) is 36.3 Å². The van der Waals surface area contributed by atoms with Crippen LogP contribution in [-0.2, 0) is 33.8 Å². The van der Waals surface area contributed by atoms with Crippen LogP contribution in [-0.4, -0.2) is 25.3 Å². The predicted octanol–water partition coefficient (Wildman–Crippen LogP) is 8.57. The van der Waals surface area contributed by atoms with Gasteiger partial charge in [-0.25, -0.2) is 8.42 Å². The lowest BCUT2D eigenvalue weighted by Crippen LogP contribution is -2.21. The number of carbonyl (C=O) groups is 2. The summed E-state index contributed by atoms with van der Waals surface area (Å²) in [6.45, 7) is 0. The molecule has 0 fully saturated rings. The van der Waals surface area contributed by atoms with Gasteiger partial charge in [-0.1, -0.05) is 83.3 Å². The van der Waals surface area contributed by atoms with Crippen molar-refractivity contribution in [3.05, 3.63) is 128 Å². The van der Waals surface area contributed by atoms with E-state index in [1.165, 1.54) is 42.5 Å². The summed E-state index contributed by atoms with van der Waals surface area (Å²) in [4.78, 5) is 24.5. The average molecular weight is 685 g/mol. The molecule has 0 heterocycles. The van der Waals surface area contributed by atoms with E-state index in [-0.39, 0.29) is 56.6 Å². The second kappa shape index (κ2) is 13.6. The number of ketones is 1. The zero-order valence-corrected chi connectivity index (χ0v) is 25.6. The quantitative estimate of drug-likeness (QED) is 0.154. The Labute approximate surface area is 266 Å². The molecular weight excluding hydrogens is 662 g/mol. The Hall–Kier alpha value is -3.57. The molecule has 0 saturated heterocycles. The Kier molecular flexibility index (Phi) is 10.3. The van der Waals surface area contributed by atoms with Gasteiger partial charge >= 0.3 is 12.1 Å². The van der Waals surface area contributed by atoms with Crippen LogP contribution in [0.2, 0.25) is 15.1 Å². The molecule has 0 bridgehead atoms. The van der Waals surface area contributed by atoms with Crippen molar-refractivity contribution in [2.24, 2.45) is 5.92 Å². The highest BCUT2D eigenvalue weighted by atomic mass is 35.5. The van der Waals surface area contributed by atoms with E-state index < -0.39 is 44.5 Å². The number of hydrogen-bond acceptors (Lipinski definition) is 4. The van der Waals surface area contributed by atoms with E-state index in [0.717, 1.165) is 17.7 Å². The molecule has 0 aliphatic rings. The molecule has 4 rings (SSSR count). The zero-order chi connectivity index (χ0) is 32.2. The minimum Gasteiger partial charge on any atom is -0.481 e. The molecule has 0 radical (unpaired) electrons. The summed E-state index contributed by atoms with van der Waals surface area (Å²) < 4.78 is 69.7. The number of nitrogens with one attached hydrogen (secondary N) is 1. The van der Waals surface area contributed by atoms with Gasteiger partial charge in [0.25, 0.3) is 10.0 Å². The Bertz CT molecular complexity index is 1820. The molecule has 1 unspecified atom stereocenters. The molecule has 4 aromatic carbocycles. The monoisotopic (exact) mass is 683 g/mol. The lowest BCUT2D eigenvalue weighted by Gasteiger charge is -2.17. The van der Waals surface area contributed by atoms with Crippen molar-refractivity contribution in [1.29, 1.82) is 0 Å². The summed E-state index contributed by atoms with van der Waals surface area (Å²) in [5, 5.41) is 8.98. The van der Waals surface area contributed by atoms with Gasteiger partial charge in [-0.15, -0.1) is 0 Å². The van der Waals surface area contributed by atoms with Crippen molar-refractivity contribution in [3.63, 3.8) is 0 Å². The molecule has 0 spiro atoms. The van der Waals surface area contributed by atoms with Crippen LogP contribution < -0.4 is 4.72 Å². The molecule has 6 nitrogen and oxygen atoms in total. The number of benzene rings is 4. The van der Waals surface area contributed by atoms with E-state index in [2.05, 4.69) is 4.72 Å². The summed E-state index contributed by atoms with van der Waals surface area (Å²) in [6, 6.07) is 20.0. The molecule has 230 valence electrons. The summed E-state index contributed by atoms with van der Waals surface area (Å²) in [5.74, 6) is -2.66. The van der Waals surface area contributed by atoms with E-state index in [1.54, 1.807) is 30.3 Å². The van der Waals surface area contributed by atoms with Crippen molar-refractivity contribution < 1.29 is 36.3 Å². The lowest BCUT2D eigenvalue weighted by atomic mass is 9.92. The van der Waals surface area contributed by atoms with Gasteiger partial charge in [0.2, 0.25) is 0 Å². The van der Waals surface area contributed by atoms with Crippen LogP contribution >= 0.6 is 34.8 Å². The van der Waals surface area contributed by atoms with E-state index in [1.807, 2.05) is 0 Å². The molecule has 0 saturated carbocycles. The minimum atomic E-state index is -4.74. The highest BCUT2D eigenvalue weighted by molar-refractivity contribution is 7.92. The van der Waals surface area contributed by atoms with Crippen LogP contribution in [0, 0.1) is 5.92 Å². The zero-order valence-electron chi connectivity index (χ0n) is 22.5. The number of Topliss-reactive ketones (excluding diaryl/α,β-unsaturated/α-hetero) is 1. The van der Waals surface area contributed by atoms with Crippen molar-refractivity contribution in [2.75, 3.05) is 4.72 Å². The van der Waals surface area contributed by atoms with Gasteiger partial charge in [-0.05, 0) is 59.5 Å². The van der Waals surface area contributed by atoms with Gasteiger partial charge in [0.15, 0.2) is 5.78 Å². The number of anilines is 1. The fourth-order valence-corrected chi connectivity index (χ4v) is 6.53. The fraction of sp³-hybridized carbons (Fsp3) is 0.161. The van der Waals surface area contributed by atoms with Crippen LogP contribution in [0.4, 0.5) is 18.9 Å². The van der Waals surface area contributed by atoms with Crippen LogP contribution in [0.5, 0.6) is 0 Å². The van der Waals surface area contributed by atoms with Gasteiger partial charge in [0, 0.05) is 24.1 Å². The number of carboxylic acid groups (broad SMARTS) is 1. The molecule has 0 amide bonds. The number of halogens is 6. The maximum Gasteiger partial charge on any atom is 0.417 e. The largest absolute Gasteiger partial charge is 0.481 e. The lowest BCUT2D eigenvalue weighted by molar-refractivity contribution is -0.141. The number of rotatable bonds is 11. The number of sulfonamides is 1. The van der Waals surface area contributed by atoms with Crippen LogP contribution in [0.1, 0.15) is 39.0 Å². The van der Waals surface area contributed by atoms with Gasteiger partial charge in [0.05, 0.1) is 31.4 Å². The molecule has 1 atom stereocenters. The second-order valence-electron chi connectivity index (χ2n) is 9.87. The van der Waals surface area contributed by atoms with Gasteiger partial charge in [-0.2, -0.15) is 13.2 Å². The number of carbonyl (C=O) groups excluding carboxylic acids is 1. The SMILES string of the molecule is O=C(CC(Cc1ccccc1)C(=O)O)c1cccc(NS(=O)(=O)c2ccc(Cl)c(Cl)c2Cc2ccc(Cl)c(C(F)(F)F)c2)c1. The average Bonchev–Trinajstić information content (AvgIpc) is 2.95. The first kappa shape index (κ1) is 33.3. The summed E-state index contributed by atoms with van der Waals surface area (Å²) >= 11 is 18.2. The smallest absolute Gasteiger partial charge is 0.417 e. The van der Waals surface area contributed by atoms with Gasteiger partial charge < -0.3 is 5.11 Å². The molecule has 4 aromatic rings. The maximum absolute atomic E-state index is 13.5. The number of aliphatic carboxylic acids is 1. The summed E-state index contributed by atoms with van der Waals surface area (Å²) in [7, 11) is -4.42. The third-order valence-electron chi connectivity index (χ3n) is 6.70. The topological polar surface area (TPSA) is 101 Å². The third kappa shape index (κ3) is 8.12. The Morgan fingerprint density at radius 1 is 0.841 bits per heavy atom. The number of hydrogen-bond donors (Lipinski definition) is 2. The minimum absolute atomic E-state index is 0.00587. The maximum atomic E-state index is 13.5. The molecule has 0 aliphatic heterocycles. The summed E-state index contributed by atoms with van der Waals surface area (Å²) in [5.41, 5.74) is -0.237. The van der Waals surface area contributed by atoms with E-state index in [4.69, 9.17) is 34.8 Å². The first-order chi connectivity index (χ1) is 20.7. The predicted molar refractivity (Wildman–Crippen MR) is 163 cm³/mol. The summed E-state index contributed by atoms with van der Waals surface area (Å²) in [6.07, 6.45) is -5.26. The number of carboxylic acids is 1. The van der Waals surface area contributed by atoms with E-state index in [0.29, 0.717) is 0 Å². The molecule has 0 aliphatic carbocycles. The Balaban J connectivity index is 1.60. The highest BCUT2D eigenvalue weighted by Gasteiger charge is 2.33. The Morgan fingerprint density at radius 2 is 1.52 bits per heavy atom. The first-order valence-corrected chi connectivity index (χ1v) is 15.5. The van der Waals surface area contributed by atoms with Crippen molar-refractivity contribution in [3.8, 4) is 0 Å². The van der Waals surface area contributed by atoms with Crippen LogP contribution in [0.25, 0.3) is 0 Å². The fourth-order valence-electron chi connectivity index (χ4n) is 4.55. The van der Waals surface area contributed by atoms with Gasteiger partial charge in [-0.3, -0.25) is 14.3 Å². The van der Waals surface area contributed by atoms with Crippen LogP contribution in [0.15, 0.2) is 89.8 Å². The third-order valence-corrected chi connectivity index (χ3v) is 9.34. The van der Waals surface area contributed by atoms with Crippen molar-refractivity contribution in [2.45, 2.75) is 30.3 Å². The Morgan fingerprint density at radius 3 is 2.18 bits per heavy atom. The van der Waals surface area contributed by atoms with Gasteiger partial charge in [0.1, 0.15) is 0 Å². The molecule has 0 aromatic heterocycles. The highest BCUT2D eigenvalue weighted by Crippen LogP contribution is 2.38. The normalized spacial score (nSPS) is 12.5. The molecule has 13 heteroatoms. The molecule has 44 heavy (non-hydrogen) atoms. The number of alkyl halides is 3. The van der Waals surface area contributed by atoms with E-state index >= 15 is 0 Å².